The van der Waals surface area contributed by atoms with Gasteiger partial charge in [0.15, 0.2) is 16.6 Å². The molecule has 4 unspecified atom stereocenters. The lowest BCUT2D eigenvalue weighted by molar-refractivity contribution is 0.0634. The van der Waals surface area contributed by atoms with E-state index in [1.54, 1.807) is 0 Å². The lowest BCUT2D eigenvalue weighted by Gasteiger charge is -2.34. The minimum atomic E-state index is -1.84. The zero-order valence-electron chi connectivity index (χ0n) is 54.6. The summed E-state index contributed by atoms with van der Waals surface area (Å²) in [4.78, 5) is 4.75. The van der Waals surface area contributed by atoms with Crippen molar-refractivity contribution in [2.45, 2.75) is 349 Å². The SMILES string of the molecule is CCCCCCCCCCCC(O)CN(CCSCC[Si](C)(C)O[Si](C)(C)CCSCCN(CC(O)CCCCCCCCCC(C)C)CC(O)CCCCCCCCCC(C)C)CC(O)CCCCCCCCCC(C)C. The number of aliphatic hydroxyl groups is 4. The fourth-order valence-corrected chi connectivity index (χ4v) is 24.4. The fraction of sp³-hybridized carbons (Fsp3) is 1.00. The first kappa shape index (κ1) is 78.9. The van der Waals surface area contributed by atoms with Gasteiger partial charge in [-0.15, -0.1) is 0 Å². The number of rotatable bonds is 62. The molecule has 4 N–H and O–H groups in total. The van der Waals surface area contributed by atoms with E-state index in [0.29, 0.717) is 26.2 Å². The summed E-state index contributed by atoms with van der Waals surface area (Å²) in [7, 11) is -3.69. The summed E-state index contributed by atoms with van der Waals surface area (Å²) in [6, 6.07) is 2.30. The minimum absolute atomic E-state index is 0.320. The van der Waals surface area contributed by atoms with Crippen LogP contribution < -0.4 is 0 Å². The van der Waals surface area contributed by atoms with Gasteiger partial charge in [0.2, 0.25) is 0 Å². The molecule has 0 aliphatic rings. The number of hydrogen-bond acceptors (Lipinski definition) is 9. The number of unbranched alkanes of at least 4 members (excludes halogenated alkanes) is 26. The number of hydrogen-bond donors (Lipinski definition) is 4. The van der Waals surface area contributed by atoms with Gasteiger partial charge in [-0.1, -0.05) is 260 Å². The van der Waals surface area contributed by atoms with Crippen molar-refractivity contribution in [3.63, 3.8) is 0 Å². The Labute approximate surface area is 500 Å². The molecule has 4 atom stereocenters. The van der Waals surface area contributed by atoms with E-state index in [-0.39, 0.29) is 24.4 Å². The van der Waals surface area contributed by atoms with Gasteiger partial charge >= 0.3 is 0 Å². The van der Waals surface area contributed by atoms with Crippen LogP contribution in [0.25, 0.3) is 0 Å². The van der Waals surface area contributed by atoms with Gasteiger partial charge in [0.25, 0.3) is 0 Å². The van der Waals surface area contributed by atoms with Crippen LogP contribution in [0, 0.1) is 17.8 Å². The van der Waals surface area contributed by atoms with Gasteiger partial charge in [-0.05, 0) is 93.2 Å². The van der Waals surface area contributed by atoms with E-state index in [4.69, 9.17) is 4.12 Å². The van der Waals surface area contributed by atoms with Crippen LogP contribution in [0.15, 0.2) is 0 Å². The van der Waals surface area contributed by atoms with Crippen molar-refractivity contribution in [1.82, 2.24) is 9.80 Å². The van der Waals surface area contributed by atoms with Gasteiger partial charge in [0.05, 0.1) is 24.4 Å². The Bertz CT molecular complexity index is 1200. The summed E-state index contributed by atoms with van der Waals surface area (Å²) in [5, 5.41) is 44.8. The van der Waals surface area contributed by atoms with E-state index in [2.05, 4.69) is 84.5 Å². The molecule has 0 heterocycles. The average Bonchev–Trinajstić information content (AvgIpc) is 3.36. The molecule has 470 valence electrons. The summed E-state index contributed by atoms with van der Waals surface area (Å²) in [6.45, 7) is 30.4. The van der Waals surface area contributed by atoms with Gasteiger partial charge in [-0.3, -0.25) is 9.80 Å². The molecule has 7 nitrogen and oxygen atoms in total. The van der Waals surface area contributed by atoms with Gasteiger partial charge in [-0.2, -0.15) is 23.5 Å². The molecule has 11 heteroatoms. The second-order valence-electron chi connectivity index (χ2n) is 27.4. The molecule has 0 aromatic heterocycles. The van der Waals surface area contributed by atoms with E-state index in [9.17, 15) is 20.4 Å². The van der Waals surface area contributed by atoms with Gasteiger partial charge in [0, 0.05) is 50.8 Å². The van der Waals surface area contributed by atoms with Crippen molar-refractivity contribution in [3.8, 4) is 0 Å². The van der Waals surface area contributed by atoms with Crippen LogP contribution in [0.4, 0.5) is 0 Å². The van der Waals surface area contributed by atoms with Gasteiger partial charge in [-0.25, -0.2) is 0 Å². The highest BCUT2D eigenvalue weighted by molar-refractivity contribution is 7.99. The van der Waals surface area contributed by atoms with Crippen molar-refractivity contribution >= 4 is 40.2 Å². The fourth-order valence-electron chi connectivity index (χ4n) is 11.3. The third-order valence-corrected chi connectivity index (χ3v) is 26.3. The Morgan fingerprint density at radius 2 is 0.538 bits per heavy atom. The Morgan fingerprint density at radius 1 is 0.321 bits per heavy atom. The highest BCUT2D eigenvalue weighted by Crippen LogP contribution is 2.26. The summed E-state index contributed by atoms with van der Waals surface area (Å²) in [6.07, 6.45) is 44.9. The third-order valence-electron chi connectivity index (χ3n) is 16.3. The summed E-state index contributed by atoms with van der Waals surface area (Å²) in [5.74, 6) is 6.72. The van der Waals surface area contributed by atoms with E-state index in [0.717, 1.165) is 117 Å². The minimum Gasteiger partial charge on any atom is -0.455 e. The lowest BCUT2D eigenvalue weighted by Crippen LogP contribution is -2.45. The Morgan fingerprint density at radius 3 is 0.769 bits per heavy atom. The van der Waals surface area contributed by atoms with Crippen molar-refractivity contribution in [1.29, 1.82) is 0 Å². The van der Waals surface area contributed by atoms with Crippen LogP contribution in [0.1, 0.15) is 286 Å². The molecular weight excluding hydrogens is 1030 g/mol. The standard InChI is InChI=1S/C67H142N2O5S2Si2/c1-12-13-14-15-16-17-24-31-38-45-64(70)57-68(58-65(71)46-39-32-25-18-21-28-35-42-61(2)3)49-51-75-53-55-77(8,9)74-78(10,11)56-54-76-52-50-69(59-66(72)47-40-33-26-19-22-29-36-43-62(4)5)60-67(73)48-41-34-27-20-23-30-37-44-63(6)7/h61-67,70-73H,12-60H2,1-11H3. The average molecular weight is 1180 g/mol. The highest BCUT2D eigenvalue weighted by Gasteiger charge is 2.32. The highest BCUT2D eigenvalue weighted by atomic mass is 32.2. The molecule has 0 saturated heterocycles. The summed E-state index contributed by atoms with van der Waals surface area (Å²) in [5.41, 5.74) is 0. The Balaban J connectivity index is 5.00. The molecule has 0 rings (SSSR count). The Hall–Kier alpha value is 0.854. The predicted octanol–water partition coefficient (Wildman–Crippen LogP) is 19.3. The molecule has 0 spiro atoms. The van der Waals surface area contributed by atoms with Crippen molar-refractivity contribution < 1.29 is 24.5 Å². The predicted molar refractivity (Wildman–Crippen MR) is 358 cm³/mol. The summed E-state index contributed by atoms with van der Waals surface area (Å²) >= 11 is 4.06. The first-order valence-electron chi connectivity index (χ1n) is 34.4. The molecule has 0 aliphatic heterocycles. The molecule has 0 saturated carbocycles. The number of thioether (sulfide) groups is 2. The molecular formula is C67H142N2O5S2Si2. The molecule has 0 fully saturated rings. The maximum atomic E-state index is 11.2. The van der Waals surface area contributed by atoms with Crippen LogP contribution in [0.2, 0.25) is 38.3 Å². The molecule has 0 aliphatic carbocycles. The molecule has 0 aromatic carbocycles. The number of nitrogens with zero attached hydrogens (tertiary/aromatic N) is 2. The van der Waals surface area contributed by atoms with Crippen LogP contribution in [0.5, 0.6) is 0 Å². The van der Waals surface area contributed by atoms with Crippen LogP contribution in [-0.2, 0) is 4.12 Å². The zero-order chi connectivity index (χ0) is 58.0. The smallest absolute Gasteiger partial charge is 0.174 e. The second-order valence-corrected chi connectivity index (χ2v) is 38.7. The quantitative estimate of drug-likeness (QED) is 0.0351. The van der Waals surface area contributed by atoms with Gasteiger partial charge in [0.1, 0.15) is 0 Å². The van der Waals surface area contributed by atoms with Crippen LogP contribution in [0.3, 0.4) is 0 Å². The second kappa shape index (κ2) is 54.5. The number of aliphatic hydroxyl groups excluding tert-OH is 4. The maximum Gasteiger partial charge on any atom is 0.174 e. The van der Waals surface area contributed by atoms with Crippen molar-refractivity contribution in [2.75, 3.05) is 62.3 Å². The van der Waals surface area contributed by atoms with Crippen molar-refractivity contribution in [3.05, 3.63) is 0 Å². The van der Waals surface area contributed by atoms with Crippen LogP contribution >= 0.6 is 23.5 Å². The molecule has 0 radical (unpaired) electrons. The van der Waals surface area contributed by atoms with E-state index in [1.807, 2.05) is 23.5 Å². The van der Waals surface area contributed by atoms with Crippen molar-refractivity contribution in [2.24, 2.45) is 17.8 Å². The Kier molecular flexibility index (Phi) is 55.1. The van der Waals surface area contributed by atoms with E-state index >= 15 is 0 Å². The molecule has 0 aromatic rings. The first-order valence-corrected chi connectivity index (χ1v) is 42.9. The largest absolute Gasteiger partial charge is 0.455 e. The van der Waals surface area contributed by atoms with E-state index in [1.165, 1.54) is 186 Å². The zero-order valence-corrected chi connectivity index (χ0v) is 58.2. The molecule has 78 heavy (non-hydrogen) atoms. The van der Waals surface area contributed by atoms with E-state index < -0.39 is 16.6 Å². The monoisotopic (exact) mass is 1170 g/mol. The first-order chi connectivity index (χ1) is 37.3. The topological polar surface area (TPSA) is 96.6 Å². The van der Waals surface area contributed by atoms with Gasteiger partial charge < -0.3 is 24.5 Å². The third kappa shape index (κ3) is 57.3. The maximum absolute atomic E-state index is 11.2. The van der Waals surface area contributed by atoms with Crippen LogP contribution in [-0.4, -0.2) is 134 Å². The molecule has 0 bridgehead atoms. The normalized spacial score (nSPS) is 14.3. The lowest BCUT2D eigenvalue weighted by atomic mass is 10.0. The summed E-state index contributed by atoms with van der Waals surface area (Å²) < 4.78 is 7.14. The molecule has 0 amide bonds.